The summed E-state index contributed by atoms with van der Waals surface area (Å²) in [6, 6.07) is 13.3. The summed E-state index contributed by atoms with van der Waals surface area (Å²) in [5.74, 6) is 1.46. The number of hydrogen-bond donors (Lipinski definition) is 1. The first-order valence-corrected chi connectivity index (χ1v) is 5.98. The van der Waals surface area contributed by atoms with Crippen LogP contribution in [0, 0.1) is 6.92 Å². The van der Waals surface area contributed by atoms with Gasteiger partial charge in [0, 0.05) is 11.1 Å². The van der Waals surface area contributed by atoms with Gasteiger partial charge in [-0.05, 0) is 42.8 Å². The van der Waals surface area contributed by atoms with Crippen molar-refractivity contribution in [2.45, 2.75) is 6.92 Å². The van der Waals surface area contributed by atoms with Crippen molar-refractivity contribution in [3.8, 4) is 11.5 Å². The maximum atomic E-state index is 5.92. The van der Waals surface area contributed by atoms with E-state index in [1.165, 1.54) is 0 Å². The predicted molar refractivity (Wildman–Crippen MR) is 75.2 cm³/mol. The van der Waals surface area contributed by atoms with E-state index in [0.717, 1.165) is 27.9 Å². The lowest BCUT2D eigenvalue weighted by atomic mass is 10.2. The van der Waals surface area contributed by atoms with Crippen LogP contribution in [0.15, 0.2) is 48.7 Å². The van der Waals surface area contributed by atoms with Crippen LogP contribution in [-0.2, 0) is 0 Å². The van der Waals surface area contributed by atoms with Gasteiger partial charge in [-0.25, -0.2) is 0 Å². The molecule has 0 aliphatic rings. The van der Waals surface area contributed by atoms with Gasteiger partial charge in [0.15, 0.2) is 5.75 Å². The van der Waals surface area contributed by atoms with Crippen LogP contribution in [0.2, 0.25) is 0 Å². The number of benzene rings is 2. The molecule has 3 rings (SSSR count). The number of nitrogens with zero attached hydrogens (tertiary/aromatic N) is 2. The van der Waals surface area contributed by atoms with Crippen molar-refractivity contribution in [3.63, 3.8) is 0 Å². The highest BCUT2D eigenvalue weighted by Crippen LogP contribution is 2.30. The maximum Gasteiger partial charge on any atom is 0.157 e. The molecule has 0 unspecified atom stereocenters. The fraction of sp³-hybridized carbons (Fsp3) is 0.0667. The van der Waals surface area contributed by atoms with Crippen LogP contribution in [-0.4, -0.2) is 10.2 Å². The van der Waals surface area contributed by atoms with Gasteiger partial charge in [0.2, 0.25) is 0 Å². The van der Waals surface area contributed by atoms with Crippen LogP contribution in [0.25, 0.3) is 10.9 Å². The Kier molecular flexibility index (Phi) is 2.76. The number of aryl methyl sites for hydroxylation is 1. The first kappa shape index (κ1) is 11.5. The van der Waals surface area contributed by atoms with Gasteiger partial charge in [-0.1, -0.05) is 12.1 Å². The van der Waals surface area contributed by atoms with Crippen LogP contribution in [0.1, 0.15) is 5.56 Å². The monoisotopic (exact) mass is 251 g/mol. The average molecular weight is 251 g/mol. The molecule has 0 radical (unpaired) electrons. The molecule has 94 valence electrons. The summed E-state index contributed by atoms with van der Waals surface area (Å²) in [6.07, 6.45) is 1.62. The summed E-state index contributed by atoms with van der Waals surface area (Å²) < 4.78 is 5.92. The lowest BCUT2D eigenvalue weighted by Gasteiger charge is -2.10. The quantitative estimate of drug-likeness (QED) is 0.710. The lowest BCUT2D eigenvalue weighted by molar-refractivity contribution is 0.481. The molecule has 19 heavy (non-hydrogen) atoms. The summed E-state index contributed by atoms with van der Waals surface area (Å²) in [5.41, 5.74) is 8.26. The van der Waals surface area contributed by atoms with Crippen molar-refractivity contribution in [1.29, 1.82) is 0 Å². The van der Waals surface area contributed by atoms with E-state index in [1.54, 1.807) is 6.20 Å². The number of hydrogen-bond acceptors (Lipinski definition) is 4. The van der Waals surface area contributed by atoms with Gasteiger partial charge in [-0.3, -0.25) is 0 Å². The van der Waals surface area contributed by atoms with Crippen LogP contribution in [0.5, 0.6) is 11.5 Å². The van der Waals surface area contributed by atoms with Gasteiger partial charge in [0.05, 0.1) is 11.7 Å². The van der Waals surface area contributed by atoms with Crippen LogP contribution >= 0.6 is 0 Å². The molecule has 0 spiro atoms. The van der Waals surface area contributed by atoms with Gasteiger partial charge in [-0.2, -0.15) is 10.2 Å². The maximum absolute atomic E-state index is 5.92. The lowest BCUT2D eigenvalue weighted by Crippen LogP contribution is -1.93. The van der Waals surface area contributed by atoms with Crippen molar-refractivity contribution < 1.29 is 4.74 Å². The number of aromatic nitrogens is 2. The standard InChI is InChI=1S/C15H13N3O/c1-10-8-11(16)6-7-14(10)19-15-9-17-18-13-5-3-2-4-12(13)15/h2-9H,16H2,1H3. The molecule has 4 nitrogen and oxygen atoms in total. The second kappa shape index (κ2) is 4.57. The summed E-state index contributed by atoms with van der Waals surface area (Å²) in [7, 11) is 0. The summed E-state index contributed by atoms with van der Waals surface area (Å²) >= 11 is 0. The Balaban J connectivity index is 2.06. The first-order chi connectivity index (χ1) is 9.24. The number of ether oxygens (including phenoxy) is 1. The molecule has 1 heterocycles. The summed E-state index contributed by atoms with van der Waals surface area (Å²) in [6.45, 7) is 1.96. The summed E-state index contributed by atoms with van der Waals surface area (Å²) in [5, 5.41) is 8.97. The molecule has 0 aliphatic carbocycles. The topological polar surface area (TPSA) is 61.0 Å². The largest absolute Gasteiger partial charge is 0.455 e. The summed E-state index contributed by atoms with van der Waals surface area (Å²) in [4.78, 5) is 0. The van der Waals surface area contributed by atoms with E-state index in [0.29, 0.717) is 5.75 Å². The van der Waals surface area contributed by atoms with E-state index in [-0.39, 0.29) is 0 Å². The van der Waals surface area contributed by atoms with E-state index in [9.17, 15) is 0 Å². The SMILES string of the molecule is Cc1cc(N)ccc1Oc1cnnc2ccccc12. The molecular formula is C15H13N3O. The van der Waals surface area contributed by atoms with Crippen molar-refractivity contribution in [2.75, 3.05) is 5.73 Å². The van der Waals surface area contributed by atoms with E-state index < -0.39 is 0 Å². The van der Waals surface area contributed by atoms with Crippen molar-refractivity contribution >= 4 is 16.6 Å². The second-order valence-corrected chi connectivity index (χ2v) is 4.35. The van der Waals surface area contributed by atoms with E-state index in [2.05, 4.69) is 10.2 Å². The third kappa shape index (κ3) is 2.20. The average Bonchev–Trinajstić information content (AvgIpc) is 2.42. The third-order valence-corrected chi connectivity index (χ3v) is 2.93. The normalized spacial score (nSPS) is 10.6. The molecular weight excluding hydrogens is 238 g/mol. The second-order valence-electron chi connectivity index (χ2n) is 4.35. The number of nitrogens with two attached hydrogens (primary N) is 1. The van der Waals surface area contributed by atoms with Crippen molar-refractivity contribution in [3.05, 3.63) is 54.2 Å². The molecule has 0 amide bonds. The highest BCUT2D eigenvalue weighted by atomic mass is 16.5. The van der Waals surface area contributed by atoms with Crippen molar-refractivity contribution in [2.24, 2.45) is 0 Å². The van der Waals surface area contributed by atoms with Gasteiger partial charge in [-0.15, -0.1) is 0 Å². The zero-order chi connectivity index (χ0) is 13.2. The molecule has 2 N–H and O–H groups in total. The van der Waals surface area contributed by atoms with E-state index in [1.807, 2.05) is 49.4 Å². The molecule has 0 saturated heterocycles. The molecule has 2 aromatic carbocycles. The van der Waals surface area contributed by atoms with E-state index in [4.69, 9.17) is 10.5 Å². The van der Waals surface area contributed by atoms with Gasteiger partial charge < -0.3 is 10.5 Å². The predicted octanol–water partition coefficient (Wildman–Crippen LogP) is 3.31. The fourth-order valence-corrected chi connectivity index (χ4v) is 1.97. The van der Waals surface area contributed by atoms with E-state index >= 15 is 0 Å². The Morgan fingerprint density at radius 3 is 2.74 bits per heavy atom. The Hall–Kier alpha value is -2.62. The Morgan fingerprint density at radius 2 is 1.89 bits per heavy atom. The highest BCUT2D eigenvalue weighted by molar-refractivity contribution is 5.84. The number of anilines is 1. The minimum absolute atomic E-state index is 0.693. The van der Waals surface area contributed by atoms with Gasteiger partial charge >= 0.3 is 0 Å². The first-order valence-electron chi connectivity index (χ1n) is 5.98. The van der Waals surface area contributed by atoms with Crippen molar-refractivity contribution in [1.82, 2.24) is 10.2 Å². The Bertz CT molecular complexity index is 735. The molecule has 3 aromatic rings. The van der Waals surface area contributed by atoms with Crippen LogP contribution in [0.3, 0.4) is 0 Å². The Morgan fingerprint density at radius 1 is 1.05 bits per heavy atom. The fourth-order valence-electron chi connectivity index (χ4n) is 1.97. The molecule has 0 fully saturated rings. The minimum atomic E-state index is 0.693. The molecule has 0 aliphatic heterocycles. The van der Waals surface area contributed by atoms with Gasteiger partial charge in [0.1, 0.15) is 5.75 Å². The minimum Gasteiger partial charge on any atom is -0.455 e. The zero-order valence-electron chi connectivity index (χ0n) is 10.5. The molecule has 0 atom stereocenters. The number of fused-ring (bicyclic) bond motifs is 1. The molecule has 1 aromatic heterocycles. The number of nitrogen functional groups attached to an aromatic ring is 1. The van der Waals surface area contributed by atoms with Crippen LogP contribution < -0.4 is 10.5 Å². The molecule has 4 heteroatoms. The molecule has 0 bridgehead atoms. The van der Waals surface area contributed by atoms with Gasteiger partial charge in [0.25, 0.3) is 0 Å². The smallest absolute Gasteiger partial charge is 0.157 e. The molecule has 0 saturated carbocycles. The highest BCUT2D eigenvalue weighted by Gasteiger charge is 2.06. The third-order valence-electron chi connectivity index (χ3n) is 2.93. The Labute approximate surface area is 110 Å². The zero-order valence-corrected chi connectivity index (χ0v) is 10.5. The number of rotatable bonds is 2. The van der Waals surface area contributed by atoms with Crippen LogP contribution in [0.4, 0.5) is 5.69 Å².